The van der Waals surface area contributed by atoms with Crippen molar-refractivity contribution in [1.29, 1.82) is 0 Å². The molecular formula is C11HF7O2S2. The lowest BCUT2D eigenvalue weighted by Gasteiger charge is -2.04. The molecule has 0 aliphatic rings. The van der Waals surface area contributed by atoms with E-state index in [1.807, 2.05) is 0 Å². The van der Waals surface area contributed by atoms with Gasteiger partial charge in [-0.25, -0.2) is 8.78 Å². The van der Waals surface area contributed by atoms with Crippen LogP contribution in [0.5, 0.6) is 0 Å². The minimum atomic E-state index is -2.15. The first kappa shape index (κ1) is 15.0. The molecule has 118 valence electrons. The average molecular weight is 363 g/mol. The van der Waals surface area contributed by atoms with Crippen molar-refractivity contribution < 1.29 is 41.6 Å². The molecule has 0 saturated heterocycles. The van der Waals surface area contributed by atoms with E-state index in [-0.39, 0.29) is 22.7 Å². The topological polar surface area (TPSA) is 26.3 Å². The van der Waals surface area contributed by atoms with Crippen LogP contribution in [0.15, 0.2) is 6.01 Å². The molecule has 2 aromatic heterocycles. The third-order valence-corrected chi connectivity index (χ3v) is 4.19. The van der Waals surface area contributed by atoms with Crippen molar-refractivity contribution in [3.63, 3.8) is 0 Å². The third-order valence-electron chi connectivity index (χ3n) is 2.29. The molecule has 0 atom stereocenters. The van der Waals surface area contributed by atoms with Gasteiger partial charge >= 0.3 is 0 Å². The Morgan fingerprint density at radius 3 is 1.59 bits per heavy atom. The van der Waals surface area contributed by atoms with E-state index in [2.05, 4.69) is 4.74 Å². The summed E-state index contributed by atoms with van der Waals surface area (Å²) in [4.78, 5) is 7.95. The van der Waals surface area contributed by atoms with E-state index in [4.69, 9.17) is 1.37 Å². The number of carbonyl (C=O) groups is 1. The van der Waals surface area contributed by atoms with Gasteiger partial charge in [-0.3, -0.25) is 4.79 Å². The van der Waals surface area contributed by atoms with Crippen molar-refractivity contribution in [3.8, 4) is 0 Å². The van der Waals surface area contributed by atoms with Gasteiger partial charge in [0.25, 0.3) is 12.5 Å². The molecule has 0 aromatic carbocycles. The largest absolute Gasteiger partial charge is 0.400 e. The maximum atomic E-state index is 13.8. The lowest BCUT2D eigenvalue weighted by atomic mass is 10.2. The Bertz CT molecular complexity index is 773. The van der Waals surface area contributed by atoms with E-state index in [1.165, 1.54) is 0 Å². The summed E-state index contributed by atoms with van der Waals surface area (Å²) in [5.41, 5.74) is -1.43. The van der Waals surface area contributed by atoms with Crippen LogP contribution < -0.4 is 0 Å². The van der Waals surface area contributed by atoms with Crippen LogP contribution in [0.1, 0.15) is 11.1 Å². The van der Waals surface area contributed by atoms with Crippen molar-refractivity contribution in [2.24, 2.45) is 0 Å². The van der Waals surface area contributed by atoms with Gasteiger partial charge < -0.3 is 4.74 Å². The van der Waals surface area contributed by atoms with E-state index in [9.17, 15) is 35.5 Å². The SMILES string of the molecule is [2H]C(=O)OC(F)=C(c1sc(F)c(F)c1F)c1sc(F)c(F)c1F. The smallest absolute Gasteiger partial charge is 0.300 e. The second kappa shape index (κ2) is 6.08. The summed E-state index contributed by atoms with van der Waals surface area (Å²) >= 11 is -0.698. The monoisotopic (exact) mass is 363 g/mol. The number of halogens is 7. The lowest BCUT2D eigenvalue weighted by Crippen LogP contribution is -1.96. The molecule has 0 saturated carbocycles. The molecule has 11 heteroatoms. The van der Waals surface area contributed by atoms with Gasteiger partial charge in [0, 0.05) is 0 Å². The fourth-order valence-electron chi connectivity index (χ4n) is 1.42. The van der Waals surface area contributed by atoms with Crippen molar-refractivity contribution >= 4 is 34.7 Å². The zero-order valence-corrected chi connectivity index (χ0v) is 11.4. The van der Waals surface area contributed by atoms with Crippen LogP contribution in [0.3, 0.4) is 0 Å². The van der Waals surface area contributed by atoms with Gasteiger partial charge in [-0.05, 0) is 0 Å². The number of hydrogen-bond donors (Lipinski definition) is 0. The first-order valence-electron chi connectivity index (χ1n) is 5.50. The summed E-state index contributed by atoms with van der Waals surface area (Å²) in [7, 11) is 0. The second-order valence-corrected chi connectivity index (χ2v) is 5.44. The molecule has 0 bridgehead atoms. The highest BCUT2D eigenvalue weighted by Crippen LogP contribution is 2.41. The van der Waals surface area contributed by atoms with E-state index < -0.39 is 61.3 Å². The summed E-state index contributed by atoms with van der Waals surface area (Å²) in [6, 6.07) is -2.15. The molecule has 0 aliphatic carbocycles. The highest BCUT2D eigenvalue weighted by Gasteiger charge is 2.31. The Labute approximate surface area is 126 Å². The Balaban J connectivity index is 2.78. The fourth-order valence-corrected chi connectivity index (χ4v) is 3.13. The van der Waals surface area contributed by atoms with Crippen LogP contribution in [0.2, 0.25) is 0 Å². The van der Waals surface area contributed by atoms with E-state index >= 15 is 0 Å². The zero-order valence-electron chi connectivity index (χ0n) is 10.8. The zero-order chi connectivity index (χ0) is 17.5. The Kier molecular flexibility index (Phi) is 4.16. The van der Waals surface area contributed by atoms with Crippen molar-refractivity contribution in [1.82, 2.24) is 0 Å². The number of carbonyl (C=O) groups excluding carboxylic acids is 1. The van der Waals surface area contributed by atoms with Crippen LogP contribution in [0.4, 0.5) is 30.7 Å². The molecule has 0 N–H and O–H groups in total. The molecule has 0 unspecified atom stereocenters. The number of thiophene rings is 2. The van der Waals surface area contributed by atoms with Crippen LogP contribution in [-0.4, -0.2) is 6.45 Å². The van der Waals surface area contributed by atoms with Crippen molar-refractivity contribution in [3.05, 3.63) is 49.3 Å². The minimum Gasteiger partial charge on any atom is -0.400 e. The Hall–Kier alpha value is -1.88. The molecule has 22 heavy (non-hydrogen) atoms. The third kappa shape index (κ3) is 2.61. The first-order valence-corrected chi connectivity index (χ1v) is 6.63. The van der Waals surface area contributed by atoms with Gasteiger partial charge in [0.15, 0.2) is 13.0 Å². The van der Waals surface area contributed by atoms with E-state index in [0.29, 0.717) is 0 Å². The van der Waals surface area contributed by atoms with Crippen LogP contribution in [0.25, 0.3) is 5.57 Å². The maximum Gasteiger partial charge on any atom is 0.300 e. The molecule has 0 amide bonds. The highest BCUT2D eigenvalue weighted by atomic mass is 32.1. The second-order valence-electron chi connectivity index (χ2n) is 3.50. The van der Waals surface area contributed by atoms with Gasteiger partial charge in [-0.1, -0.05) is 22.7 Å². The molecule has 0 radical (unpaired) electrons. The molecule has 2 heterocycles. The molecule has 2 rings (SSSR count). The summed E-state index contributed by atoms with van der Waals surface area (Å²) in [6.07, 6.45) is -2.02. The first-order chi connectivity index (χ1) is 10.6. The number of rotatable bonds is 3. The highest BCUT2D eigenvalue weighted by molar-refractivity contribution is 7.14. The predicted octanol–water partition coefficient (Wildman–Crippen LogP) is 4.50. The molecular weight excluding hydrogens is 361 g/mol. The van der Waals surface area contributed by atoms with Crippen molar-refractivity contribution in [2.75, 3.05) is 0 Å². The van der Waals surface area contributed by atoms with Crippen molar-refractivity contribution in [2.45, 2.75) is 0 Å². The quantitative estimate of drug-likeness (QED) is 0.456. The van der Waals surface area contributed by atoms with Crippen LogP contribution in [0, 0.1) is 33.5 Å². The van der Waals surface area contributed by atoms with Gasteiger partial charge in [-0.15, -0.1) is 0 Å². The lowest BCUT2D eigenvalue weighted by molar-refractivity contribution is -0.126. The molecule has 2 aromatic rings. The maximum absolute atomic E-state index is 13.8. The summed E-state index contributed by atoms with van der Waals surface area (Å²) < 4.78 is 103. The fraction of sp³-hybridized carbons (Fsp3) is 0. The number of hydrogen-bond acceptors (Lipinski definition) is 4. The van der Waals surface area contributed by atoms with Gasteiger partial charge in [0.2, 0.25) is 21.9 Å². The van der Waals surface area contributed by atoms with Gasteiger partial charge in [0.1, 0.15) is 0 Å². The normalized spacial score (nSPS) is 11.3. The average Bonchev–Trinajstić information content (AvgIpc) is 2.85. The Morgan fingerprint density at radius 2 is 1.32 bits per heavy atom. The Morgan fingerprint density at radius 1 is 0.909 bits per heavy atom. The summed E-state index contributed by atoms with van der Waals surface area (Å²) in [5, 5.41) is -3.50. The summed E-state index contributed by atoms with van der Waals surface area (Å²) in [5.74, 6) is -8.03. The van der Waals surface area contributed by atoms with E-state index in [0.717, 1.165) is 0 Å². The molecule has 0 aliphatic heterocycles. The standard InChI is InChI=1S/C11HF7O2S2/c12-3-5(14)10(17)21-7(3)2(9(16)20-1-19)8-4(13)6(15)11(18)22-8/h1H/i1D. The minimum absolute atomic E-state index is 0.349. The number of ether oxygens (including phenoxy) is 1. The summed E-state index contributed by atoms with van der Waals surface area (Å²) in [6.45, 7) is 0. The van der Waals surface area contributed by atoms with Crippen LogP contribution in [-0.2, 0) is 9.53 Å². The van der Waals surface area contributed by atoms with Gasteiger partial charge in [0.05, 0.1) is 15.3 Å². The molecule has 0 spiro atoms. The predicted molar refractivity (Wildman–Crippen MR) is 62.7 cm³/mol. The molecule has 0 fully saturated rings. The van der Waals surface area contributed by atoms with E-state index in [1.54, 1.807) is 0 Å². The van der Waals surface area contributed by atoms with Crippen LogP contribution >= 0.6 is 22.7 Å². The van der Waals surface area contributed by atoms with Gasteiger partial charge in [-0.2, -0.15) is 22.0 Å². The molecule has 2 nitrogen and oxygen atoms in total.